The Balaban J connectivity index is 1.80. The van der Waals surface area contributed by atoms with Crippen LogP contribution in [0.4, 0.5) is 4.79 Å². The maximum atomic E-state index is 11.6. The van der Waals surface area contributed by atoms with Gasteiger partial charge in [0.2, 0.25) is 11.8 Å². The lowest BCUT2D eigenvalue weighted by Crippen LogP contribution is -2.56. The second kappa shape index (κ2) is 6.56. The number of carbonyl (C=O) groups is 4. The first-order chi connectivity index (χ1) is 12.0. The molecule has 25 heavy (non-hydrogen) atoms. The number of aliphatic imine (C=N–C) groups is 1. The number of aromatic amines is 1. The molecule has 9 heteroatoms. The zero-order valence-corrected chi connectivity index (χ0v) is 12.8. The predicted molar refractivity (Wildman–Crippen MR) is 84.5 cm³/mol. The smallest absolute Gasteiger partial charge is 0.328 e. The zero-order chi connectivity index (χ0) is 18.0. The fraction of sp³-hybridized carbons (Fsp3) is 0.188. The summed E-state index contributed by atoms with van der Waals surface area (Å²) in [6, 6.07) is 5.16. The van der Waals surface area contributed by atoms with Gasteiger partial charge in [-0.25, -0.2) is 4.79 Å². The van der Waals surface area contributed by atoms with Gasteiger partial charge < -0.3 is 14.9 Å². The van der Waals surface area contributed by atoms with E-state index in [1.165, 1.54) is 0 Å². The number of H-pyrrole nitrogens is 1. The van der Waals surface area contributed by atoms with Crippen LogP contribution < -0.4 is 15.7 Å². The number of aliphatic carboxylic acids is 1. The van der Waals surface area contributed by atoms with E-state index in [4.69, 9.17) is 0 Å². The minimum atomic E-state index is -1.44. The molecule has 1 aliphatic heterocycles. The average Bonchev–Trinajstić information content (AvgIpc) is 2.95. The van der Waals surface area contributed by atoms with E-state index in [0.717, 1.165) is 22.7 Å². The molecule has 2 heterocycles. The molecule has 0 spiro atoms. The molecule has 0 aliphatic carbocycles. The van der Waals surface area contributed by atoms with Crippen molar-refractivity contribution in [3.8, 4) is 0 Å². The van der Waals surface area contributed by atoms with E-state index in [9.17, 15) is 24.3 Å². The van der Waals surface area contributed by atoms with E-state index in [0.29, 0.717) is 0 Å². The van der Waals surface area contributed by atoms with Gasteiger partial charge in [-0.15, -0.1) is 0 Å². The van der Waals surface area contributed by atoms with Crippen LogP contribution in [0.2, 0.25) is 0 Å². The number of barbiturate groups is 1. The Morgan fingerprint density at radius 2 is 1.88 bits per heavy atom. The molecule has 9 nitrogen and oxygen atoms in total. The first kappa shape index (κ1) is 16.4. The number of urea groups is 1. The van der Waals surface area contributed by atoms with Crippen molar-refractivity contribution in [2.24, 2.45) is 10.9 Å². The molecule has 128 valence electrons. The number of carbonyl (C=O) groups excluding carboxylic acids is 4. The molecule has 1 saturated heterocycles. The van der Waals surface area contributed by atoms with Crippen LogP contribution in [0.1, 0.15) is 5.56 Å². The lowest BCUT2D eigenvalue weighted by Gasteiger charge is -2.18. The number of nitrogens with one attached hydrogen (secondary N) is 3. The molecule has 1 aromatic heterocycles. The normalized spacial score (nSPS) is 16.9. The Labute approximate surface area is 141 Å². The summed E-state index contributed by atoms with van der Waals surface area (Å²) in [4.78, 5) is 52.5. The second-order valence-corrected chi connectivity index (χ2v) is 5.48. The Kier molecular flexibility index (Phi) is 4.29. The third kappa shape index (κ3) is 3.39. The molecule has 0 radical (unpaired) electrons. The SMILES string of the molecule is O=C1NC(=O)C(C=N[C@H](Cc2c[nH]c3ccccc23)C(=O)[O-])C(=O)N1. The monoisotopic (exact) mass is 341 g/mol. The molecule has 1 aromatic carbocycles. The number of nitrogens with zero attached hydrogens (tertiary/aromatic N) is 1. The molecule has 1 fully saturated rings. The highest BCUT2D eigenvalue weighted by molar-refractivity contribution is 6.23. The predicted octanol–water partition coefficient (Wildman–Crippen LogP) is -1.12. The summed E-state index contributed by atoms with van der Waals surface area (Å²) in [5, 5.41) is 16.0. The summed E-state index contributed by atoms with van der Waals surface area (Å²) in [7, 11) is 0. The van der Waals surface area contributed by atoms with E-state index >= 15 is 0 Å². The van der Waals surface area contributed by atoms with Gasteiger partial charge in [-0.2, -0.15) is 0 Å². The number of amides is 4. The molecule has 2 aromatic rings. The van der Waals surface area contributed by atoms with Crippen LogP contribution >= 0.6 is 0 Å². The van der Waals surface area contributed by atoms with Crippen LogP contribution in [0.3, 0.4) is 0 Å². The number of rotatable bonds is 5. The van der Waals surface area contributed by atoms with E-state index in [1.54, 1.807) is 6.20 Å². The molecular formula is C16H13N4O5-. The largest absolute Gasteiger partial charge is 0.548 e. The Morgan fingerprint density at radius 3 is 2.56 bits per heavy atom. The first-order valence-electron chi connectivity index (χ1n) is 7.40. The maximum Gasteiger partial charge on any atom is 0.328 e. The van der Waals surface area contributed by atoms with Gasteiger partial charge in [0.1, 0.15) is 0 Å². The van der Waals surface area contributed by atoms with Gasteiger partial charge in [0, 0.05) is 29.7 Å². The number of carboxylic acid groups (broad SMARTS) is 1. The van der Waals surface area contributed by atoms with Crippen molar-refractivity contribution < 1.29 is 24.3 Å². The fourth-order valence-corrected chi connectivity index (χ4v) is 2.56. The van der Waals surface area contributed by atoms with Crippen LogP contribution in [-0.2, 0) is 20.8 Å². The summed E-state index contributed by atoms with van der Waals surface area (Å²) in [5.74, 6) is -4.53. The topological polar surface area (TPSA) is 144 Å². The van der Waals surface area contributed by atoms with Crippen molar-refractivity contribution in [1.29, 1.82) is 0 Å². The second-order valence-electron chi connectivity index (χ2n) is 5.48. The summed E-state index contributed by atoms with van der Waals surface area (Å²) in [6.07, 6.45) is 2.62. The van der Waals surface area contributed by atoms with Crippen molar-refractivity contribution in [1.82, 2.24) is 15.6 Å². The van der Waals surface area contributed by atoms with Crippen LogP contribution in [-0.4, -0.2) is 41.1 Å². The molecule has 3 N–H and O–H groups in total. The summed E-state index contributed by atoms with van der Waals surface area (Å²) < 4.78 is 0. The number of fused-ring (bicyclic) bond motifs is 1. The summed E-state index contributed by atoms with van der Waals surface area (Å²) >= 11 is 0. The van der Waals surface area contributed by atoms with Crippen molar-refractivity contribution in [3.63, 3.8) is 0 Å². The zero-order valence-electron chi connectivity index (χ0n) is 12.8. The molecule has 1 atom stereocenters. The number of hydrogen-bond donors (Lipinski definition) is 3. The van der Waals surface area contributed by atoms with Crippen LogP contribution in [0, 0.1) is 5.92 Å². The molecule has 0 saturated carbocycles. The van der Waals surface area contributed by atoms with Crippen LogP contribution in [0.15, 0.2) is 35.5 Å². The first-order valence-corrected chi connectivity index (χ1v) is 7.40. The number of aromatic nitrogens is 1. The summed E-state index contributed by atoms with van der Waals surface area (Å²) in [6.45, 7) is 0. The number of carboxylic acids is 1. The number of imide groups is 2. The van der Waals surface area contributed by atoms with Gasteiger partial charge in [0.05, 0.1) is 12.0 Å². The summed E-state index contributed by atoms with van der Waals surface area (Å²) in [5.41, 5.74) is 1.57. The van der Waals surface area contributed by atoms with Gasteiger partial charge in [-0.1, -0.05) is 18.2 Å². The van der Waals surface area contributed by atoms with Gasteiger partial charge in [0.25, 0.3) is 0 Å². The van der Waals surface area contributed by atoms with Crippen LogP contribution in [0.5, 0.6) is 0 Å². The van der Waals surface area contributed by atoms with Crippen molar-refractivity contribution >= 4 is 40.9 Å². The molecule has 0 unspecified atom stereocenters. The van der Waals surface area contributed by atoms with E-state index in [-0.39, 0.29) is 6.42 Å². The van der Waals surface area contributed by atoms with Crippen molar-refractivity contribution in [2.75, 3.05) is 0 Å². The van der Waals surface area contributed by atoms with E-state index in [1.807, 2.05) is 34.9 Å². The Bertz CT molecular complexity index is 881. The Morgan fingerprint density at radius 1 is 1.20 bits per heavy atom. The highest BCUT2D eigenvalue weighted by atomic mass is 16.4. The average molecular weight is 341 g/mol. The molecule has 1 aliphatic rings. The number of hydrogen-bond acceptors (Lipinski definition) is 6. The molecule has 0 bridgehead atoms. The van der Waals surface area contributed by atoms with Gasteiger partial charge >= 0.3 is 6.03 Å². The quantitative estimate of drug-likeness (QED) is 0.466. The number of para-hydroxylation sites is 1. The fourth-order valence-electron chi connectivity index (χ4n) is 2.56. The lowest BCUT2D eigenvalue weighted by atomic mass is 10.0. The van der Waals surface area contributed by atoms with Crippen molar-refractivity contribution in [2.45, 2.75) is 12.5 Å². The minimum absolute atomic E-state index is 0.0255. The van der Waals surface area contributed by atoms with Gasteiger partial charge in [-0.3, -0.25) is 25.2 Å². The minimum Gasteiger partial charge on any atom is -0.548 e. The highest BCUT2D eigenvalue weighted by Crippen LogP contribution is 2.19. The van der Waals surface area contributed by atoms with E-state index in [2.05, 4.69) is 9.98 Å². The lowest BCUT2D eigenvalue weighted by molar-refractivity contribution is -0.307. The third-order valence-electron chi connectivity index (χ3n) is 3.81. The Hall–Kier alpha value is -3.49. The van der Waals surface area contributed by atoms with Gasteiger partial charge in [0.15, 0.2) is 5.92 Å². The van der Waals surface area contributed by atoms with Gasteiger partial charge in [-0.05, 0) is 11.6 Å². The molecular weight excluding hydrogens is 328 g/mol. The number of benzene rings is 1. The molecule has 3 rings (SSSR count). The van der Waals surface area contributed by atoms with E-state index < -0.39 is 35.8 Å². The molecule has 4 amide bonds. The third-order valence-corrected chi connectivity index (χ3v) is 3.81. The van der Waals surface area contributed by atoms with Crippen LogP contribution in [0.25, 0.3) is 10.9 Å². The highest BCUT2D eigenvalue weighted by Gasteiger charge is 2.33. The standard InChI is InChI=1S/C16H14N4O5/c21-13-10(14(22)20-16(25)19-13)7-18-12(15(23)24)5-8-6-17-11-4-2-1-3-9(8)11/h1-4,6-7,10,12,17H,5H2,(H,23,24)(H2,19,20,21,22,25)/p-1/t12-/m1/s1. The maximum absolute atomic E-state index is 11.6. The van der Waals surface area contributed by atoms with Crippen molar-refractivity contribution in [3.05, 3.63) is 36.0 Å².